The van der Waals surface area contributed by atoms with Gasteiger partial charge in [0.05, 0.1) is 38.7 Å². The van der Waals surface area contributed by atoms with Crippen molar-refractivity contribution in [3.63, 3.8) is 0 Å². The van der Waals surface area contributed by atoms with E-state index in [9.17, 15) is 0 Å². The molecule has 30 heavy (non-hydrogen) atoms. The summed E-state index contributed by atoms with van der Waals surface area (Å²) in [6, 6.07) is 27.6. The zero-order valence-electron chi connectivity index (χ0n) is 15.9. The van der Waals surface area contributed by atoms with Gasteiger partial charge in [0.2, 0.25) is 0 Å². The van der Waals surface area contributed by atoms with Gasteiger partial charge in [0.1, 0.15) is 11.0 Å². The number of para-hydroxylation sites is 4. The normalized spacial score (nSPS) is 11.1. The average molecular weight is 382 g/mol. The molecular formula is C26H14N4. The Bertz CT molecular complexity index is 1550. The number of hydrogen-bond acceptors (Lipinski definition) is 4. The second-order valence-corrected chi connectivity index (χ2v) is 7.03. The van der Waals surface area contributed by atoms with Crippen molar-refractivity contribution in [3.05, 3.63) is 96.1 Å². The molecule has 0 radical (unpaired) electrons. The maximum atomic E-state index is 4.89. The molecule has 0 aliphatic heterocycles. The minimum absolute atomic E-state index is 0.745. The molecule has 0 aliphatic carbocycles. The van der Waals surface area contributed by atoms with Crippen LogP contribution in [0.3, 0.4) is 0 Å². The molecule has 2 heterocycles. The van der Waals surface area contributed by atoms with Crippen LogP contribution in [-0.4, -0.2) is 19.9 Å². The molecule has 4 nitrogen and oxygen atoms in total. The van der Waals surface area contributed by atoms with Crippen LogP contribution in [0.4, 0.5) is 0 Å². The number of fused-ring (bicyclic) bond motifs is 4. The smallest absolute Gasteiger partial charge is 0.107 e. The Hall–Kier alpha value is -4.36. The van der Waals surface area contributed by atoms with Crippen molar-refractivity contribution < 1.29 is 0 Å². The Morgan fingerprint density at radius 1 is 0.433 bits per heavy atom. The van der Waals surface area contributed by atoms with Crippen LogP contribution in [0, 0.1) is 11.8 Å². The fourth-order valence-electron chi connectivity index (χ4n) is 3.61. The first-order valence-electron chi connectivity index (χ1n) is 9.68. The molecule has 0 saturated heterocycles. The van der Waals surface area contributed by atoms with Crippen molar-refractivity contribution in [2.24, 2.45) is 0 Å². The van der Waals surface area contributed by atoms with E-state index in [-0.39, 0.29) is 0 Å². The molecule has 0 atom stereocenters. The summed E-state index contributed by atoms with van der Waals surface area (Å²) in [5, 5.41) is 0. The summed E-state index contributed by atoms with van der Waals surface area (Å²) in [6.45, 7) is 0. The summed E-state index contributed by atoms with van der Waals surface area (Å²) in [5.74, 6) is 6.58. The molecule has 2 aromatic heterocycles. The fourth-order valence-corrected chi connectivity index (χ4v) is 3.61. The molecule has 4 aromatic carbocycles. The number of nitrogens with zero attached hydrogens (tertiary/aromatic N) is 4. The van der Waals surface area contributed by atoms with Crippen LogP contribution in [0.5, 0.6) is 0 Å². The molecule has 0 aliphatic rings. The van der Waals surface area contributed by atoms with Gasteiger partial charge in [-0.2, -0.15) is 0 Å². The van der Waals surface area contributed by atoms with Gasteiger partial charge in [-0.3, -0.25) is 0 Å². The third kappa shape index (κ3) is 2.73. The van der Waals surface area contributed by atoms with Gasteiger partial charge in [-0.1, -0.05) is 54.3 Å². The van der Waals surface area contributed by atoms with E-state index in [4.69, 9.17) is 19.9 Å². The first-order valence-corrected chi connectivity index (χ1v) is 9.68. The highest BCUT2D eigenvalue weighted by Gasteiger charge is 2.13. The van der Waals surface area contributed by atoms with Crippen LogP contribution in [0.15, 0.2) is 84.9 Å². The van der Waals surface area contributed by atoms with Crippen molar-refractivity contribution >= 4 is 44.1 Å². The molecule has 6 rings (SSSR count). The van der Waals surface area contributed by atoms with E-state index in [1.54, 1.807) is 0 Å². The lowest BCUT2D eigenvalue weighted by molar-refractivity contribution is 1.35. The second kappa shape index (κ2) is 6.61. The van der Waals surface area contributed by atoms with Crippen LogP contribution in [0.25, 0.3) is 44.1 Å². The molecule has 138 valence electrons. The molecule has 0 spiro atoms. The lowest BCUT2D eigenvalue weighted by atomic mass is 10.1. The predicted molar refractivity (Wildman–Crippen MR) is 120 cm³/mol. The van der Waals surface area contributed by atoms with Crippen molar-refractivity contribution in [1.29, 1.82) is 0 Å². The third-order valence-electron chi connectivity index (χ3n) is 5.05. The lowest BCUT2D eigenvalue weighted by Gasteiger charge is -2.07. The summed E-state index contributed by atoms with van der Waals surface area (Å²) < 4.78 is 0. The van der Waals surface area contributed by atoms with E-state index >= 15 is 0 Å². The van der Waals surface area contributed by atoms with Gasteiger partial charge < -0.3 is 0 Å². The molecule has 0 bridgehead atoms. The second-order valence-electron chi connectivity index (χ2n) is 7.03. The first-order chi connectivity index (χ1) is 14.8. The van der Waals surface area contributed by atoms with Gasteiger partial charge in [-0.25, -0.2) is 19.9 Å². The molecular weight excluding hydrogens is 368 g/mol. The third-order valence-corrected chi connectivity index (χ3v) is 5.05. The van der Waals surface area contributed by atoms with Gasteiger partial charge in [-0.05, 0) is 42.5 Å². The zero-order valence-corrected chi connectivity index (χ0v) is 15.9. The van der Waals surface area contributed by atoms with E-state index in [1.807, 2.05) is 84.9 Å². The van der Waals surface area contributed by atoms with Crippen LogP contribution in [-0.2, 0) is 0 Å². The monoisotopic (exact) mass is 382 g/mol. The Kier molecular flexibility index (Phi) is 3.65. The quantitative estimate of drug-likeness (QED) is 0.265. The van der Waals surface area contributed by atoms with Crippen molar-refractivity contribution in [1.82, 2.24) is 19.9 Å². The summed E-state index contributed by atoms with van der Waals surface area (Å²) >= 11 is 0. The van der Waals surface area contributed by atoms with Gasteiger partial charge in [0.15, 0.2) is 0 Å². The van der Waals surface area contributed by atoms with Gasteiger partial charge in [0, 0.05) is 5.56 Å². The van der Waals surface area contributed by atoms with Crippen LogP contribution in [0.2, 0.25) is 0 Å². The van der Waals surface area contributed by atoms with Crippen LogP contribution < -0.4 is 0 Å². The molecule has 6 aromatic rings. The standard InChI is InChI=1S/C26H14N4/c1-2-8-17(9-3-1)14-15-18-25-23(27-19-10-4-6-12-21(19)29-25)16-24-26(18)30-22-13-7-5-11-20(22)28-24/h1-13,16H. The number of benzene rings is 4. The highest BCUT2D eigenvalue weighted by molar-refractivity contribution is 6.02. The minimum atomic E-state index is 0.745. The Morgan fingerprint density at radius 3 is 1.43 bits per heavy atom. The van der Waals surface area contributed by atoms with Crippen molar-refractivity contribution in [2.45, 2.75) is 0 Å². The van der Waals surface area contributed by atoms with Crippen molar-refractivity contribution in [3.8, 4) is 11.8 Å². The highest BCUT2D eigenvalue weighted by Crippen LogP contribution is 2.27. The Morgan fingerprint density at radius 2 is 0.900 bits per heavy atom. The zero-order chi connectivity index (χ0) is 19.9. The number of rotatable bonds is 0. The largest absolute Gasteiger partial charge is 0.244 e. The van der Waals surface area contributed by atoms with Crippen molar-refractivity contribution in [2.75, 3.05) is 0 Å². The lowest BCUT2D eigenvalue weighted by Crippen LogP contribution is -1.96. The van der Waals surface area contributed by atoms with Crippen LogP contribution >= 0.6 is 0 Å². The molecule has 0 saturated carbocycles. The van der Waals surface area contributed by atoms with E-state index in [1.165, 1.54) is 0 Å². The molecule has 0 N–H and O–H groups in total. The summed E-state index contributed by atoms with van der Waals surface area (Å²) in [7, 11) is 0. The SMILES string of the molecule is C(#Cc1c2nc3ccccc3nc2cc2nc3ccccc3nc12)c1ccccc1. The van der Waals surface area contributed by atoms with Crippen LogP contribution in [0.1, 0.15) is 11.1 Å². The Balaban J connectivity index is 1.75. The molecule has 0 unspecified atom stereocenters. The Labute approximate surface area is 172 Å². The fraction of sp³-hybridized carbons (Fsp3) is 0. The number of aromatic nitrogens is 4. The number of hydrogen-bond donors (Lipinski definition) is 0. The predicted octanol–water partition coefficient (Wildman–Crippen LogP) is 5.28. The summed E-state index contributed by atoms with van der Waals surface area (Å²) in [6.07, 6.45) is 0. The average Bonchev–Trinajstić information content (AvgIpc) is 2.80. The minimum Gasteiger partial charge on any atom is -0.244 e. The van der Waals surface area contributed by atoms with E-state index < -0.39 is 0 Å². The highest BCUT2D eigenvalue weighted by atomic mass is 14.8. The maximum absolute atomic E-state index is 4.89. The first kappa shape index (κ1) is 16.6. The molecule has 0 amide bonds. The molecule has 4 heteroatoms. The maximum Gasteiger partial charge on any atom is 0.107 e. The van der Waals surface area contributed by atoms with Gasteiger partial charge in [0.25, 0.3) is 0 Å². The summed E-state index contributed by atoms with van der Waals surface area (Å²) in [4.78, 5) is 19.4. The van der Waals surface area contributed by atoms with E-state index in [0.29, 0.717) is 0 Å². The van der Waals surface area contributed by atoms with Gasteiger partial charge >= 0.3 is 0 Å². The van der Waals surface area contributed by atoms with E-state index in [2.05, 4.69) is 11.8 Å². The topological polar surface area (TPSA) is 51.6 Å². The van der Waals surface area contributed by atoms with Gasteiger partial charge in [-0.15, -0.1) is 0 Å². The summed E-state index contributed by atoms with van der Waals surface area (Å²) in [5.41, 5.74) is 8.07. The molecule has 0 fully saturated rings. The van der Waals surface area contributed by atoms with E-state index in [0.717, 1.165) is 55.3 Å².